The Labute approximate surface area is 75.9 Å². The molecule has 0 aliphatic carbocycles. The van der Waals surface area contributed by atoms with Gasteiger partial charge in [0.1, 0.15) is 5.60 Å². The summed E-state index contributed by atoms with van der Waals surface area (Å²) in [6.07, 6.45) is 1.76. The molecule has 0 saturated carbocycles. The van der Waals surface area contributed by atoms with E-state index < -0.39 is 11.7 Å². The van der Waals surface area contributed by atoms with Crippen LogP contribution in [-0.2, 0) is 4.74 Å². The van der Waals surface area contributed by atoms with E-state index in [-0.39, 0.29) is 5.75 Å². The summed E-state index contributed by atoms with van der Waals surface area (Å²) in [4.78, 5) is 11.2. The van der Waals surface area contributed by atoms with Gasteiger partial charge < -0.3 is 9.84 Å². The summed E-state index contributed by atoms with van der Waals surface area (Å²) in [7, 11) is 0. The molecule has 5 heteroatoms. The van der Waals surface area contributed by atoms with Gasteiger partial charge in [-0.25, -0.2) is 4.79 Å². The first-order valence-electron chi connectivity index (χ1n) is 3.85. The molecule has 0 bridgehead atoms. The van der Waals surface area contributed by atoms with Crippen molar-refractivity contribution >= 4 is 6.09 Å². The number of aromatic nitrogens is 2. The molecule has 1 aromatic rings. The van der Waals surface area contributed by atoms with Crippen LogP contribution in [0.1, 0.15) is 20.8 Å². The van der Waals surface area contributed by atoms with E-state index in [1.165, 1.54) is 12.4 Å². The molecular weight excluding hydrogens is 172 g/mol. The highest BCUT2D eigenvalue weighted by Crippen LogP contribution is 2.10. The highest BCUT2D eigenvalue weighted by atomic mass is 16.6. The first-order chi connectivity index (χ1) is 5.88. The fourth-order valence-electron chi connectivity index (χ4n) is 0.722. The van der Waals surface area contributed by atoms with E-state index in [0.717, 1.165) is 4.68 Å². The van der Waals surface area contributed by atoms with E-state index >= 15 is 0 Å². The molecule has 0 aromatic carbocycles. The molecule has 5 nitrogen and oxygen atoms in total. The number of carbonyl (C=O) groups is 1. The van der Waals surface area contributed by atoms with Gasteiger partial charge in [0.15, 0.2) is 5.75 Å². The predicted octanol–water partition coefficient (Wildman–Crippen LogP) is 1.37. The third kappa shape index (κ3) is 2.77. The maximum atomic E-state index is 11.2. The van der Waals surface area contributed by atoms with Crippen LogP contribution in [0.5, 0.6) is 5.75 Å². The van der Waals surface area contributed by atoms with Crippen LogP contribution >= 0.6 is 0 Å². The fraction of sp³-hybridized carbons (Fsp3) is 0.500. The van der Waals surface area contributed by atoms with Crippen molar-refractivity contribution in [3.05, 3.63) is 12.4 Å². The van der Waals surface area contributed by atoms with Crippen molar-refractivity contribution in [2.45, 2.75) is 26.4 Å². The van der Waals surface area contributed by atoms with Gasteiger partial charge in [-0.05, 0) is 20.8 Å². The van der Waals surface area contributed by atoms with Gasteiger partial charge in [-0.1, -0.05) is 0 Å². The SMILES string of the molecule is CC(C)(C)OC(=O)n1cc(O)cn1. The van der Waals surface area contributed by atoms with Crippen molar-refractivity contribution in [3.63, 3.8) is 0 Å². The van der Waals surface area contributed by atoms with Gasteiger partial charge in [0, 0.05) is 0 Å². The number of aromatic hydroxyl groups is 1. The number of carbonyl (C=O) groups excluding carboxylic acids is 1. The Hall–Kier alpha value is -1.52. The first-order valence-corrected chi connectivity index (χ1v) is 3.85. The second kappa shape index (κ2) is 3.08. The second-order valence-electron chi connectivity index (χ2n) is 3.62. The number of hydrogen-bond acceptors (Lipinski definition) is 4. The van der Waals surface area contributed by atoms with Gasteiger partial charge in [0.2, 0.25) is 0 Å². The zero-order valence-corrected chi connectivity index (χ0v) is 7.81. The molecule has 72 valence electrons. The minimum Gasteiger partial charge on any atom is -0.505 e. The Morgan fingerprint density at radius 3 is 2.62 bits per heavy atom. The van der Waals surface area contributed by atoms with E-state index in [2.05, 4.69) is 5.10 Å². The van der Waals surface area contributed by atoms with E-state index in [0.29, 0.717) is 0 Å². The summed E-state index contributed by atoms with van der Waals surface area (Å²) < 4.78 is 5.93. The van der Waals surface area contributed by atoms with Crippen molar-refractivity contribution in [1.82, 2.24) is 9.78 Å². The lowest BCUT2D eigenvalue weighted by atomic mass is 10.2. The molecule has 1 rings (SSSR count). The summed E-state index contributed by atoms with van der Waals surface area (Å²) >= 11 is 0. The lowest BCUT2D eigenvalue weighted by Gasteiger charge is -2.18. The first kappa shape index (κ1) is 9.57. The topological polar surface area (TPSA) is 64.3 Å². The van der Waals surface area contributed by atoms with E-state index in [9.17, 15) is 4.79 Å². The van der Waals surface area contributed by atoms with Gasteiger partial charge in [-0.3, -0.25) is 0 Å². The summed E-state index contributed by atoms with van der Waals surface area (Å²) in [5.74, 6) is -0.0640. The number of rotatable bonds is 0. The molecule has 0 aliphatic heterocycles. The third-order valence-electron chi connectivity index (χ3n) is 1.15. The molecule has 13 heavy (non-hydrogen) atoms. The van der Waals surface area contributed by atoms with Crippen LogP contribution < -0.4 is 0 Å². The quantitative estimate of drug-likeness (QED) is 0.661. The Morgan fingerprint density at radius 2 is 2.23 bits per heavy atom. The van der Waals surface area contributed by atoms with Gasteiger partial charge in [-0.2, -0.15) is 9.78 Å². The van der Waals surface area contributed by atoms with E-state index in [4.69, 9.17) is 9.84 Å². The Morgan fingerprint density at radius 1 is 1.62 bits per heavy atom. The van der Waals surface area contributed by atoms with Crippen LogP contribution in [0.4, 0.5) is 4.79 Å². The van der Waals surface area contributed by atoms with Crippen LogP contribution in [0.25, 0.3) is 0 Å². The smallest absolute Gasteiger partial charge is 0.435 e. The Bertz CT molecular complexity index is 311. The molecule has 0 saturated heterocycles. The van der Waals surface area contributed by atoms with Crippen LogP contribution in [-0.4, -0.2) is 26.6 Å². The molecule has 0 amide bonds. The number of nitrogens with zero attached hydrogens (tertiary/aromatic N) is 2. The van der Waals surface area contributed by atoms with Crippen molar-refractivity contribution < 1.29 is 14.6 Å². The van der Waals surface area contributed by atoms with Crippen molar-refractivity contribution in [1.29, 1.82) is 0 Å². The van der Waals surface area contributed by atoms with Crippen LogP contribution in [0, 0.1) is 0 Å². The predicted molar refractivity (Wildman–Crippen MR) is 45.5 cm³/mol. The number of hydrogen-bond donors (Lipinski definition) is 1. The molecule has 0 unspecified atom stereocenters. The molecule has 1 heterocycles. The standard InChI is InChI=1S/C8H12N2O3/c1-8(2,3)13-7(12)10-5-6(11)4-9-10/h4-5,11H,1-3H3. The van der Waals surface area contributed by atoms with Gasteiger partial charge in [0.05, 0.1) is 12.4 Å². The zero-order valence-electron chi connectivity index (χ0n) is 7.81. The summed E-state index contributed by atoms with van der Waals surface area (Å²) in [6.45, 7) is 5.27. The average Bonchev–Trinajstić information content (AvgIpc) is 2.31. The molecule has 1 aromatic heterocycles. The molecule has 0 spiro atoms. The zero-order chi connectivity index (χ0) is 10.1. The minimum atomic E-state index is -0.604. The minimum absolute atomic E-state index is 0.0640. The largest absolute Gasteiger partial charge is 0.505 e. The highest BCUT2D eigenvalue weighted by molar-refractivity contribution is 5.69. The van der Waals surface area contributed by atoms with Gasteiger partial charge >= 0.3 is 6.09 Å². The molecule has 0 atom stereocenters. The molecule has 0 aliphatic rings. The fourth-order valence-corrected chi connectivity index (χ4v) is 0.722. The second-order valence-corrected chi connectivity index (χ2v) is 3.62. The normalized spacial score (nSPS) is 11.3. The monoisotopic (exact) mass is 184 g/mol. The summed E-state index contributed by atoms with van der Waals surface area (Å²) in [5.41, 5.74) is -0.557. The van der Waals surface area contributed by atoms with Crippen molar-refractivity contribution in [2.75, 3.05) is 0 Å². The Kier molecular flexibility index (Phi) is 2.27. The van der Waals surface area contributed by atoms with Crippen LogP contribution in [0.15, 0.2) is 12.4 Å². The lowest BCUT2D eigenvalue weighted by molar-refractivity contribution is 0.0514. The van der Waals surface area contributed by atoms with Gasteiger partial charge in [0.25, 0.3) is 0 Å². The number of ether oxygens (including phenoxy) is 1. The van der Waals surface area contributed by atoms with E-state index in [1.54, 1.807) is 20.8 Å². The molecule has 0 radical (unpaired) electrons. The van der Waals surface area contributed by atoms with Gasteiger partial charge in [-0.15, -0.1) is 0 Å². The van der Waals surface area contributed by atoms with Crippen molar-refractivity contribution in [3.8, 4) is 5.75 Å². The average molecular weight is 184 g/mol. The summed E-state index contributed by atoms with van der Waals surface area (Å²) in [6, 6.07) is 0. The van der Waals surface area contributed by atoms with E-state index in [1.807, 2.05) is 0 Å². The molecule has 0 fully saturated rings. The highest BCUT2D eigenvalue weighted by Gasteiger charge is 2.18. The maximum Gasteiger partial charge on any atom is 0.435 e. The lowest BCUT2D eigenvalue weighted by Crippen LogP contribution is -2.27. The Balaban J connectivity index is 2.70. The third-order valence-corrected chi connectivity index (χ3v) is 1.15. The molecular formula is C8H12N2O3. The van der Waals surface area contributed by atoms with Crippen LogP contribution in [0.3, 0.4) is 0 Å². The summed E-state index contributed by atoms with van der Waals surface area (Å²) in [5, 5.41) is 12.5. The maximum absolute atomic E-state index is 11.2. The molecule has 1 N–H and O–H groups in total. The van der Waals surface area contributed by atoms with Crippen molar-refractivity contribution in [2.24, 2.45) is 0 Å². The van der Waals surface area contributed by atoms with Crippen LogP contribution in [0.2, 0.25) is 0 Å².